The van der Waals surface area contributed by atoms with E-state index in [2.05, 4.69) is 47.1 Å². The molecule has 0 radical (unpaired) electrons. The fraction of sp³-hybridized carbons (Fsp3) is 0.588. The van der Waals surface area contributed by atoms with Gasteiger partial charge in [0.05, 0.1) is 5.92 Å². The number of hydrogen-bond acceptors (Lipinski definition) is 2. The van der Waals surface area contributed by atoms with E-state index in [9.17, 15) is 4.79 Å². The zero-order valence-corrected chi connectivity index (χ0v) is 12.3. The van der Waals surface area contributed by atoms with E-state index < -0.39 is 0 Å². The van der Waals surface area contributed by atoms with Gasteiger partial charge in [0.25, 0.3) is 0 Å². The van der Waals surface area contributed by atoms with Gasteiger partial charge in [0.15, 0.2) is 0 Å². The van der Waals surface area contributed by atoms with Crippen LogP contribution in [0, 0.1) is 5.92 Å². The summed E-state index contributed by atoms with van der Waals surface area (Å²) in [5.41, 5.74) is 1.35. The summed E-state index contributed by atoms with van der Waals surface area (Å²) >= 11 is 0. The molecule has 2 saturated heterocycles. The Kier molecular flexibility index (Phi) is 4.06. The Bertz CT molecular complexity index is 453. The van der Waals surface area contributed by atoms with Crippen LogP contribution < -0.4 is 0 Å². The highest BCUT2D eigenvalue weighted by molar-refractivity contribution is 5.79. The summed E-state index contributed by atoms with van der Waals surface area (Å²) in [4.78, 5) is 17.0. The zero-order chi connectivity index (χ0) is 13.9. The lowest BCUT2D eigenvalue weighted by molar-refractivity contribution is -0.134. The van der Waals surface area contributed by atoms with Gasteiger partial charge in [0, 0.05) is 25.7 Å². The Hall–Kier alpha value is -1.35. The molecule has 2 heterocycles. The molecular weight excluding hydrogens is 248 g/mol. The second-order valence-corrected chi connectivity index (χ2v) is 6.10. The molecule has 0 aromatic heterocycles. The molecule has 2 atom stereocenters. The Labute approximate surface area is 121 Å². The lowest BCUT2D eigenvalue weighted by atomic mass is 10.1. The van der Waals surface area contributed by atoms with Gasteiger partial charge in [-0.1, -0.05) is 30.3 Å². The smallest absolute Gasteiger partial charge is 0.227 e. The number of amides is 1. The van der Waals surface area contributed by atoms with E-state index >= 15 is 0 Å². The maximum Gasteiger partial charge on any atom is 0.227 e. The molecule has 2 aliphatic heterocycles. The van der Waals surface area contributed by atoms with Gasteiger partial charge >= 0.3 is 0 Å². The molecule has 0 bridgehead atoms. The monoisotopic (exact) mass is 272 g/mol. The van der Waals surface area contributed by atoms with Crippen LogP contribution in [0.1, 0.15) is 37.8 Å². The molecule has 0 N–H and O–H groups in total. The normalized spacial score (nSPS) is 25.1. The maximum atomic E-state index is 12.5. The molecule has 3 rings (SSSR count). The third-order valence-corrected chi connectivity index (χ3v) is 4.82. The molecule has 1 amide bonds. The number of nitrogens with zero attached hydrogens (tertiary/aromatic N) is 2. The van der Waals surface area contributed by atoms with E-state index in [4.69, 9.17) is 0 Å². The van der Waals surface area contributed by atoms with Crippen LogP contribution in [0.2, 0.25) is 0 Å². The first-order valence-electron chi connectivity index (χ1n) is 7.83. The van der Waals surface area contributed by atoms with Crippen molar-refractivity contribution in [3.8, 4) is 0 Å². The van der Waals surface area contributed by atoms with Gasteiger partial charge in [-0.25, -0.2) is 0 Å². The van der Waals surface area contributed by atoms with Crippen LogP contribution in [-0.2, 0) is 4.79 Å². The van der Waals surface area contributed by atoms with Crippen molar-refractivity contribution in [2.45, 2.75) is 32.2 Å². The summed E-state index contributed by atoms with van der Waals surface area (Å²) < 4.78 is 0. The van der Waals surface area contributed by atoms with E-state index in [1.54, 1.807) is 0 Å². The van der Waals surface area contributed by atoms with Crippen LogP contribution >= 0.6 is 0 Å². The van der Waals surface area contributed by atoms with Crippen LogP contribution in [0.15, 0.2) is 30.3 Å². The lowest BCUT2D eigenvalue weighted by Gasteiger charge is -2.25. The number of rotatable bonds is 3. The summed E-state index contributed by atoms with van der Waals surface area (Å²) in [5.74, 6) is 0.615. The molecule has 2 aliphatic rings. The molecule has 3 nitrogen and oxygen atoms in total. The van der Waals surface area contributed by atoms with E-state index in [1.807, 2.05) is 0 Å². The molecule has 1 aromatic carbocycles. The van der Waals surface area contributed by atoms with Crippen molar-refractivity contribution in [2.75, 3.05) is 26.2 Å². The standard InChI is InChI=1S/C17H24N2O/c1-14(15-7-3-2-4-8-15)19-12-9-16(13-19)17(20)18-10-5-6-11-18/h2-4,7-8,14,16H,5-6,9-13H2,1H3. The average Bonchev–Trinajstić information content (AvgIpc) is 3.18. The summed E-state index contributed by atoms with van der Waals surface area (Å²) in [6.45, 7) is 6.16. The van der Waals surface area contributed by atoms with Gasteiger partial charge in [-0.15, -0.1) is 0 Å². The van der Waals surface area contributed by atoms with Crippen molar-refractivity contribution >= 4 is 5.91 Å². The van der Waals surface area contributed by atoms with Gasteiger partial charge in [-0.2, -0.15) is 0 Å². The summed E-state index contributed by atoms with van der Waals surface area (Å²) in [6, 6.07) is 11.0. The molecule has 0 spiro atoms. The minimum atomic E-state index is 0.222. The molecule has 108 valence electrons. The second-order valence-electron chi connectivity index (χ2n) is 6.10. The maximum absolute atomic E-state index is 12.5. The molecular formula is C17H24N2O. The van der Waals surface area contributed by atoms with Crippen molar-refractivity contribution < 1.29 is 4.79 Å². The number of likely N-dealkylation sites (tertiary alicyclic amines) is 2. The number of carbonyl (C=O) groups excluding carboxylic acids is 1. The predicted molar refractivity (Wildman–Crippen MR) is 80.4 cm³/mol. The van der Waals surface area contributed by atoms with Crippen LogP contribution in [0.3, 0.4) is 0 Å². The van der Waals surface area contributed by atoms with E-state index in [0.717, 1.165) is 32.6 Å². The number of hydrogen-bond donors (Lipinski definition) is 0. The van der Waals surface area contributed by atoms with Crippen molar-refractivity contribution in [2.24, 2.45) is 5.92 Å². The Morgan fingerprint density at radius 2 is 1.85 bits per heavy atom. The van der Waals surface area contributed by atoms with Crippen LogP contribution in [0.4, 0.5) is 0 Å². The zero-order valence-electron chi connectivity index (χ0n) is 12.3. The fourth-order valence-corrected chi connectivity index (χ4v) is 3.48. The molecule has 0 aliphatic carbocycles. The van der Waals surface area contributed by atoms with Gasteiger partial charge < -0.3 is 4.90 Å². The topological polar surface area (TPSA) is 23.6 Å². The third-order valence-electron chi connectivity index (χ3n) is 4.82. The van der Waals surface area contributed by atoms with Gasteiger partial charge in [0.2, 0.25) is 5.91 Å². The minimum absolute atomic E-state index is 0.222. The molecule has 1 aromatic rings. The van der Waals surface area contributed by atoms with Crippen LogP contribution in [0.5, 0.6) is 0 Å². The van der Waals surface area contributed by atoms with Crippen molar-refractivity contribution in [1.82, 2.24) is 9.80 Å². The van der Waals surface area contributed by atoms with E-state index in [0.29, 0.717) is 11.9 Å². The first-order valence-corrected chi connectivity index (χ1v) is 7.83. The first-order chi connectivity index (χ1) is 9.75. The molecule has 2 fully saturated rings. The Morgan fingerprint density at radius 1 is 1.15 bits per heavy atom. The van der Waals surface area contributed by atoms with E-state index in [-0.39, 0.29) is 5.92 Å². The SMILES string of the molecule is CC(c1ccccc1)N1CCC(C(=O)N2CCCC2)C1. The third kappa shape index (κ3) is 2.73. The van der Waals surface area contributed by atoms with Gasteiger partial charge in [-0.05, 0) is 38.3 Å². The van der Waals surface area contributed by atoms with E-state index in [1.165, 1.54) is 18.4 Å². The molecule has 3 heteroatoms. The first kappa shape index (κ1) is 13.6. The molecule has 2 unspecified atom stereocenters. The van der Waals surface area contributed by atoms with Crippen molar-refractivity contribution in [3.05, 3.63) is 35.9 Å². The Balaban J connectivity index is 1.60. The number of benzene rings is 1. The highest BCUT2D eigenvalue weighted by atomic mass is 16.2. The van der Waals surface area contributed by atoms with Crippen LogP contribution in [0.25, 0.3) is 0 Å². The van der Waals surface area contributed by atoms with Crippen molar-refractivity contribution in [1.29, 1.82) is 0 Å². The van der Waals surface area contributed by atoms with Crippen LogP contribution in [-0.4, -0.2) is 41.9 Å². The summed E-state index contributed by atoms with van der Waals surface area (Å²) in [6.07, 6.45) is 3.39. The largest absolute Gasteiger partial charge is 0.342 e. The summed E-state index contributed by atoms with van der Waals surface area (Å²) in [7, 11) is 0. The number of carbonyl (C=O) groups is 1. The second kappa shape index (κ2) is 5.96. The predicted octanol–water partition coefficient (Wildman–Crippen LogP) is 2.69. The summed E-state index contributed by atoms with van der Waals surface area (Å²) in [5, 5.41) is 0. The average molecular weight is 272 g/mol. The highest BCUT2D eigenvalue weighted by Gasteiger charge is 2.34. The molecule has 20 heavy (non-hydrogen) atoms. The van der Waals surface area contributed by atoms with Crippen molar-refractivity contribution in [3.63, 3.8) is 0 Å². The molecule has 0 saturated carbocycles. The fourth-order valence-electron chi connectivity index (χ4n) is 3.48. The lowest BCUT2D eigenvalue weighted by Crippen LogP contribution is -2.35. The minimum Gasteiger partial charge on any atom is -0.342 e. The highest BCUT2D eigenvalue weighted by Crippen LogP contribution is 2.28. The quantitative estimate of drug-likeness (QED) is 0.844. The van der Waals surface area contributed by atoms with Gasteiger partial charge in [-0.3, -0.25) is 9.69 Å². The Morgan fingerprint density at radius 3 is 2.55 bits per heavy atom. The van der Waals surface area contributed by atoms with Gasteiger partial charge in [0.1, 0.15) is 0 Å².